The summed E-state index contributed by atoms with van der Waals surface area (Å²) in [4.78, 5) is 8.41. The van der Waals surface area contributed by atoms with Crippen LogP contribution < -0.4 is 24.8 Å². The number of hydrogen-bond donors (Lipinski definition) is 2. The van der Waals surface area contributed by atoms with Crippen molar-refractivity contribution in [2.24, 2.45) is 4.99 Å². The lowest BCUT2D eigenvalue weighted by Gasteiger charge is -2.15. The van der Waals surface area contributed by atoms with Crippen LogP contribution in [0.15, 0.2) is 41.4 Å². The number of aromatic nitrogens is 1. The van der Waals surface area contributed by atoms with Crippen LogP contribution in [-0.2, 0) is 13.1 Å². The first-order valence-corrected chi connectivity index (χ1v) is 8.12. The fourth-order valence-electron chi connectivity index (χ4n) is 2.28. The summed E-state index contributed by atoms with van der Waals surface area (Å²) in [7, 11) is 4.66. The second-order valence-electron chi connectivity index (χ2n) is 5.30. The molecule has 0 unspecified atom stereocenters. The van der Waals surface area contributed by atoms with Crippen molar-refractivity contribution >= 4 is 5.96 Å². The number of alkyl halides is 2. The fourth-order valence-corrected chi connectivity index (χ4v) is 2.28. The molecule has 0 atom stereocenters. The molecule has 0 aliphatic carbocycles. The van der Waals surface area contributed by atoms with Crippen molar-refractivity contribution in [1.29, 1.82) is 0 Å². The smallest absolute Gasteiger partial charge is 0.387 e. The van der Waals surface area contributed by atoms with Crippen LogP contribution in [0.4, 0.5) is 8.78 Å². The summed E-state index contributed by atoms with van der Waals surface area (Å²) in [5.74, 6) is 1.60. The average molecular weight is 380 g/mol. The number of nitrogens with zero attached hydrogens (tertiary/aromatic N) is 2. The molecule has 2 aromatic rings. The molecule has 146 valence electrons. The number of ether oxygens (including phenoxy) is 3. The van der Waals surface area contributed by atoms with Gasteiger partial charge in [-0.25, -0.2) is 4.98 Å². The highest BCUT2D eigenvalue weighted by atomic mass is 19.3. The Morgan fingerprint density at radius 2 is 1.89 bits per heavy atom. The Labute approximate surface area is 156 Å². The molecule has 0 saturated carbocycles. The summed E-state index contributed by atoms with van der Waals surface area (Å²) >= 11 is 0. The van der Waals surface area contributed by atoms with Gasteiger partial charge in [0.05, 0.1) is 26.5 Å². The van der Waals surface area contributed by atoms with Crippen LogP contribution >= 0.6 is 0 Å². The minimum absolute atomic E-state index is 0.0724. The highest BCUT2D eigenvalue weighted by Gasteiger charge is 2.11. The zero-order valence-electron chi connectivity index (χ0n) is 15.3. The number of methoxy groups -OCH3 is 2. The summed E-state index contributed by atoms with van der Waals surface area (Å²) in [6.07, 6.45) is 0. The Kier molecular flexibility index (Phi) is 7.60. The topological polar surface area (TPSA) is 77.0 Å². The van der Waals surface area contributed by atoms with Gasteiger partial charge in [-0.1, -0.05) is 6.07 Å². The Morgan fingerprint density at radius 3 is 2.56 bits per heavy atom. The van der Waals surface area contributed by atoms with Crippen LogP contribution in [0.25, 0.3) is 0 Å². The first kappa shape index (κ1) is 20.2. The molecule has 9 heteroatoms. The zero-order valence-corrected chi connectivity index (χ0v) is 15.3. The Hall–Kier alpha value is -3.10. The minimum Gasteiger partial charge on any atom is -0.497 e. The Morgan fingerprint density at radius 1 is 1.11 bits per heavy atom. The van der Waals surface area contributed by atoms with Crippen molar-refractivity contribution in [3.63, 3.8) is 0 Å². The Bertz CT molecular complexity index is 772. The third kappa shape index (κ3) is 6.28. The van der Waals surface area contributed by atoms with E-state index in [1.165, 1.54) is 13.2 Å². The highest BCUT2D eigenvalue weighted by Crippen LogP contribution is 2.25. The molecule has 0 bridgehead atoms. The largest absolute Gasteiger partial charge is 0.497 e. The number of halogens is 2. The number of benzene rings is 1. The summed E-state index contributed by atoms with van der Waals surface area (Å²) < 4.78 is 40.0. The van der Waals surface area contributed by atoms with Gasteiger partial charge in [0.1, 0.15) is 11.5 Å². The number of nitrogens with one attached hydrogen (secondary N) is 2. The molecule has 27 heavy (non-hydrogen) atoms. The van der Waals surface area contributed by atoms with Gasteiger partial charge in [-0.2, -0.15) is 8.78 Å². The molecule has 0 fully saturated rings. The monoisotopic (exact) mass is 380 g/mol. The van der Waals surface area contributed by atoms with E-state index in [1.807, 2.05) is 12.1 Å². The summed E-state index contributed by atoms with van der Waals surface area (Å²) in [6.45, 7) is -2.28. The summed E-state index contributed by atoms with van der Waals surface area (Å²) in [5.41, 5.74) is 1.28. The SMILES string of the molecule is CN=C(NCc1cccc(OC)n1)NCc1cc(OC)ccc1OC(F)F. The van der Waals surface area contributed by atoms with Crippen LogP contribution in [0, 0.1) is 0 Å². The highest BCUT2D eigenvalue weighted by molar-refractivity contribution is 5.79. The van der Waals surface area contributed by atoms with Crippen molar-refractivity contribution in [2.75, 3.05) is 21.3 Å². The number of pyridine rings is 1. The lowest BCUT2D eigenvalue weighted by atomic mass is 10.2. The van der Waals surface area contributed by atoms with E-state index < -0.39 is 6.61 Å². The quantitative estimate of drug-likeness (QED) is 0.542. The molecule has 1 heterocycles. The second kappa shape index (κ2) is 10.1. The molecule has 0 aliphatic heterocycles. The van der Waals surface area contributed by atoms with Gasteiger partial charge in [-0.15, -0.1) is 0 Å². The van der Waals surface area contributed by atoms with Gasteiger partial charge in [0.25, 0.3) is 0 Å². The summed E-state index contributed by atoms with van der Waals surface area (Å²) in [6, 6.07) is 10.1. The zero-order chi connectivity index (χ0) is 19.6. The van der Waals surface area contributed by atoms with Crippen LogP contribution in [0.1, 0.15) is 11.3 Å². The third-order valence-electron chi connectivity index (χ3n) is 3.58. The maximum Gasteiger partial charge on any atom is 0.387 e. The molecule has 0 aliphatic rings. The van der Waals surface area contributed by atoms with E-state index in [9.17, 15) is 8.78 Å². The summed E-state index contributed by atoms with van der Waals surface area (Å²) in [5, 5.41) is 6.15. The third-order valence-corrected chi connectivity index (χ3v) is 3.58. The van der Waals surface area contributed by atoms with Gasteiger partial charge in [-0.3, -0.25) is 4.99 Å². The van der Waals surface area contributed by atoms with E-state index in [0.29, 0.717) is 29.7 Å². The molecule has 1 aromatic heterocycles. The van der Waals surface area contributed by atoms with Crippen LogP contribution in [0.3, 0.4) is 0 Å². The number of guanidine groups is 1. The molecule has 7 nitrogen and oxygen atoms in total. The van der Waals surface area contributed by atoms with E-state index in [0.717, 1.165) is 5.69 Å². The van der Waals surface area contributed by atoms with Gasteiger partial charge in [-0.05, 0) is 24.3 Å². The predicted molar refractivity (Wildman–Crippen MR) is 97.5 cm³/mol. The first-order chi connectivity index (χ1) is 13.0. The van der Waals surface area contributed by atoms with E-state index in [-0.39, 0.29) is 12.3 Å². The normalized spacial score (nSPS) is 11.3. The van der Waals surface area contributed by atoms with E-state index in [2.05, 4.69) is 25.3 Å². The number of rotatable bonds is 8. The van der Waals surface area contributed by atoms with Gasteiger partial charge in [0.2, 0.25) is 5.88 Å². The molecular formula is C18H22F2N4O3. The van der Waals surface area contributed by atoms with Gasteiger partial charge in [0.15, 0.2) is 5.96 Å². The maximum absolute atomic E-state index is 12.6. The molecule has 2 rings (SSSR count). The number of aliphatic imine (C=N–C) groups is 1. The van der Waals surface area contributed by atoms with Crippen LogP contribution in [0.2, 0.25) is 0 Å². The average Bonchev–Trinajstić information content (AvgIpc) is 2.68. The van der Waals surface area contributed by atoms with Crippen molar-refractivity contribution in [1.82, 2.24) is 15.6 Å². The molecule has 2 N–H and O–H groups in total. The maximum atomic E-state index is 12.6. The number of hydrogen-bond acceptors (Lipinski definition) is 5. The van der Waals surface area contributed by atoms with E-state index in [1.54, 1.807) is 32.4 Å². The molecule has 0 amide bonds. The lowest BCUT2D eigenvalue weighted by molar-refractivity contribution is -0.0504. The van der Waals surface area contributed by atoms with Crippen molar-refractivity contribution in [2.45, 2.75) is 19.7 Å². The molecule has 0 saturated heterocycles. The van der Waals surface area contributed by atoms with Crippen LogP contribution in [-0.4, -0.2) is 38.8 Å². The lowest BCUT2D eigenvalue weighted by Crippen LogP contribution is -2.36. The van der Waals surface area contributed by atoms with Crippen molar-refractivity contribution < 1.29 is 23.0 Å². The molecule has 1 aromatic carbocycles. The standard InChI is InChI=1S/C18H22F2N4O3/c1-21-18(23-11-13-5-4-6-16(24-13)26-3)22-10-12-9-14(25-2)7-8-15(12)27-17(19)20/h4-9,17H,10-11H2,1-3H3,(H2,21,22,23). The van der Waals surface area contributed by atoms with E-state index in [4.69, 9.17) is 9.47 Å². The predicted octanol–water partition coefficient (Wildman–Crippen LogP) is 2.57. The van der Waals surface area contributed by atoms with Crippen LogP contribution in [0.5, 0.6) is 17.4 Å². The van der Waals surface area contributed by atoms with E-state index >= 15 is 0 Å². The molecule has 0 spiro atoms. The minimum atomic E-state index is -2.91. The first-order valence-electron chi connectivity index (χ1n) is 8.12. The Balaban J connectivity index is 2.00. The molecule has 0 radical (unpaired) electrons. The van der Waals surface area contributed by atoms with Gasteiger partial charge < -0.3 is 24.8 Å². The van der Waals surface area contributed by atoms with Crippen molar-refractivity contribution in [3.8, 4) is 17.4 Å². The van der Waals surface area contributed by atoms with Gasteiger partial charge >= 0.3 is 6.61 Å². The van der Waals surface area contributed by atoms with Crippen molar-refractivity contribution in [3.05, 3.63) is 47.7 Å². The molecular weight excluding hydrogens is 358 g/mol. The van der Waals surface area contributed by atoms with Gasteiger partial charge in [0, 0.05) is 25.2 Å². The fraction of sp³-hybridized carbons (Fsp3) is 0.333. The second-order valence-corrected chi connectivity index (χ2v) is 5.30.